The second kappa shape index (κ2) is 11.7. The maximum Gasteiger partial charge on any atom is 0.407 e. The van der Waals surface area contributed by atoms with Crippen LogP contribution in [0.1, 0.15) is 82.7 Å². The van der Waals surface area contributed by atoms with Crippen molar-refractivity contribution >= 4 is 9.84 Å². The molecule has 0 aromatic heterocycles. The van der Waals surface area contributed by atoms with Gasteiger partial charge in [0.05, 0.1) is 10.6 Å². The Balaban J connectivity index is 2.33. The minimum absolute atomic E-state index is 0.0220. The van der Waals surface area contributed by atoms with E-state index in [0.29, 0.717) is 6.42 Å². The highest BCUT2D eigenvalue weighted by molar-refractivity contribution is 7.91. The van der Waals surface area contributed by atoms with Gasteiger partial charge in [0.1, 0.15) is 6.04 Å². The van der Waals surface area contributed by atoms with Crippen molar-refractivity contribution in [1.29, 1.82) is 0 Å². The summed E-state index contributed by atoms with van der Waals surface area (Å²) >= 11 is 0. The van der Waals surface area contributed by atoms with Gasteiger partial charge >= 0.3 is 6.18 Å². The van der Waals surface area contributed by atoms with Gasteiger partial charge in [-0.05, 0) is 24.1 Å². The number of sulfone groups is 1. The van der Waals surface area contributed by atoms with Crippen LogP contribution in [0.25, 0.3) is 0 Å². The second-order valence-electron chi connectivity index (χ2n) is 7.09. The average Bonchev–Trinajstić information content (AvgIpc) is 2.62. The number of hydrogen-bond acceptors (Lipinski definition) is 3. The van der Waals surface area contributed by atoms with Crippen molar-refractivity contribution in [2.45, 2.75) is 88.2 Å². The van der Waals surface area contributed by atoms with Crippen LogP contribution >= 0.6 is 0 Å². The third kappa shape index (κ3) is 9.10. The predicted molar refractivity (Wildman–Crippen MR) is 103 cm³/mol. The van der Waals surface area contributed by atoms with E-state index in [4.69, 9.17) is 5.73 Å². The maximum atomic E-state index is 12.6. The zero-order chi connectivity index (χ0) is 20.3. The molecule has 0 saturated carbocycles. The van der Waals surface area contributed by atoms with E-state index in [-0.39, 0.29) is 16.2 Å². The van der Waals surface area contributed by atoms with E-state index in [1.165, 1.54) is 50.7 Å². The molecule has 0 aliphatic carbocycles. The van der Waals surface area contributed by atoms with Crippen molar-refractivity contribution in [3.63, 3.8) is 0 Å². The van der Waals surface area contributed by atoms with Crippen LogP contribution in [0.3, 0.4) is 0 Å². The molecule has 1 atom stereocenters. The van der Waals surface area contributed by atoms with E-state index in [9.17, 15) is 21.6 Å². The van der Waals surface area contributed by atoms with Crippen LogP contribution in [0.5, 0.6) is 0 Å². The van der Waals surface area contributed by atoms with Gasteiger partial charge in [-0.25, -0.2) is 8.42 Å². The average molecular weight is 408 g/mol. The third-order valence-corrected chi connectivity index (χ3v) is 6.53. The molecular formula is C20H32F3NO2S. The Morgan fingerprint density at radius 1 is 0.852 bits per heavy atom. The Hall–Kier alpha value is -1.08. The van der Waals surface area contributed by atoms with Gasteiger partial charge in [-0.15, -0.1) is 0 Å². The van der Waals surface area contributed by atoms with E-state index in [1.54, 1.807) is 0 Å². The molecule has 0 spiro atoms. The lowest BCUT2D eigenvalue weighted by molar-refractivity contribution is -0.149. The molecule has 0 fully saturated rings. The summed E-state index contributed by atoms with van der Waals surface area (Å²) < 4.78 is 62.4. The van der Waals surface area contributed by atoms with E-state index in [0.717, 1.165) is 31.4 Å². The van der Waals surface area contributed by atoms with Crippen LogP contribution in [0, 0.1) is 0 Å². The van der Waals surface area contributed by atoms with Gasteiger partial charge in [-0.1, -0.05) is 76.8 Å². The van der Waals surface area contributed by atoms with Crippen LogP contribution in [0.2, 0.25) is 0 Å². The first-order chi connectivity index (χ1) is 12.7. The Morgan fingerprint density at radius 2 is 1.30 bits per heavy atom. The molecule has 3 nitrogen and oxygen atoms in total. The molecule has 7 heteroatoms. The summed E-state index contributed by atoms with van der Waals surface area (Å²) in [5, 5.41) is 0. The predicted octanol–water partition coefficient (Wildman–Crippen LogP) is 5.94. The Bertz CT molecular complexity index is 628. The number of hydrogen-bond donors (Lipinski definition) is 1. The fraction of sp³-hybridized carbons (Fsp3) is 0.700. The van der Waals surface area contributed by atoms with Crippen LogP contribution in [-0.2, 0) is 9.84 Å². The molecule has 0 heterocycles. The molecule has 27 heavy (non-hydrogen) atoms. The van der Waals surface area contributed by atoms with Gasteiger partial charge in [0.25, 0.3) is 0 Å². The van der Waals surface area contributed by atoms with Crippen molar-refractivity contribution in [3.05, 3.63) is 29.8 Å². The van der Waals surface area contributed by atoms with Crippen molar-refractivity contribution in [2.24, 2.45) is 5.73 Å². The van der Waals surface area contributed by atoms with Gasteiger partial charge in [0.15, 0.2) is 9.84 Å². The van der Waals surface area contributed by atoms with Crippen molar-refractivity contribution in [3.8, 4) is 0 Å². The largest absolute Gasteiger partial charge is 0.407 e. The lowest BCUT2D eigenvalue weighted by atomic mass is 10.1. The van der Waals surface area contributed by atoms with E-state index < -0.39 is 22.1 Å². The smallest absolute Gasteiger partial charge is 0.316 e. The first kappa shape index (κ1) is 24.0. The molecule has 0 amide bonds. The first-order valence-corrected chi connectivity index (χ1v) is 11.5. The summed E-state index contributed by atoms with van der Waals surface area (Å²) in [6, 6.07) is 2.61. The highest BCUT2D eigenvalue weighted by Crippen LogP contribution is 2.30. The fourth-order valence-electron chi connectivity index (χ4n) is 2.97. The molecule has 0 unspecified atom stereocenters. The van der Waals surface area contributed by atoms with Crippen molar-refractivity contribution < 1.29 is 21.6 Å². The molecule has 0 radical (unpaired) electrons. The molecule has 0 aliphatic rings. The first-order valence-electron chi connectivity index (χ1n) is 9.83. The van der Waals surface area contributed by atoms with Crippen LogP contribution < -0.4 is 5.73 Å². The number of unbranched alkanes of at least 4 members (excludes halogenated alkanes) is 9. The molecule has 0 bridgehead atoms. The quantitative estimate of drug-likeness (QED) is 0.411. The highest BCUT2D eigenvalue weighted by atomic mass is 32.2. The van der Waals surface area contributed by atoms with Gasteiger partial charge in [0, 0.05) is 0 Å². The second-order valence-corrected chi connectivity index (χ2v) is 9.20. The maximum absolute atomic E-state index is 12.6. The molecule has 0 aliphatic heterocycles. The zero-order valence-corrected chi connectivity index (χ0v) is 16.9. The topological polar surface area (TPSA) is 60.2 Å². The van der Waals surface area contributed by atoms with Gasteiger partial charge < -0.3 is 5.73 Å². The zero-order valence-electron chi connectivity index (χ0n) is 16.1. The minimum Gasteiger partial charge on any atom is -0.316 e. The molecule has 1 aromatic carbocycles. The SMILES string of the molecule is CCCCCCCCCCCCS(=O)(=O)c1ccc([C@H](N)C(F)(F)F)cc1. The molecule has 156 valence electrons. The van der Waals surface area contributed by atoms with Gasteiger partial charge in [0.2, 0.25) is 0 Å². The molecule has 0 saturated heterocycles. The van der Waals surface area contributed by atoms with Crippen LogP contribution in [0.15, 0.2) is 29.2 Å². The van der Waals surface area contributed by atoms with Gasteiger partial charge in [-0.3, -0.25) is 0 Å². The lowest BCUT2D eigenvalue weighted by Gasteiger charge is -2.16. The minimum atomic E-state index is -4.55. The van der Waals surface area contributed by atoms with E-state index >= 15 is 0 Å². The summed E-state index contributed by atoms with van der Waals surface area (Å²) in [6.45, 7) is 2.19. The third-order valence-electron chi connectivity index (χ3n) is 4.72. The Labute approximate surface area is 161 Å². The molecule has 1 aromatic rings. The highest BCUT2D eigenvalue weighted by Gasteiger charge is 2.37. The van der Waals surface area contributed by atoms with Gasteiger partial charge in [-0.2, -0.15) is 13.2 Å². The van der Waals surface area contributed by atoms with E-state index in [1.807, 2.05) is 0 Å². The summed E-state index contributed by atoms with van der Waals surface area (Å²) in [6.07, 6.45) is 6.55. The standard InChI is InChI=1S/C20H32F3NO2S/c1-2-3-4-5-6-7-8-9-10-11-16-27(25,26)18-14-12-17(13-15-18)19(24)20(21,22)23/h12-15,19H,2-11,16,24H2,1H3/t19-/m0/s1. The number of benzene rings is 1. The Kier molecular flexibility index (Phi) is 10.4. The monoisotopic (exact) mass is 407 g/mol. The van der Waals surface area contributed by atoms with E-state index in [2.05, 4.69) is 6.92 Å². The molecular weight excluding hydrogens is 375 g/mol. The number of halogens is 3. The number of alkyl halides is 3. The number of nitrogens with two attached hydrogens (primary N) is 1. The normalized spacial score (nSPS) is 13.7. The summed E-state index contributed by atoms with van der Waals surface area (Å²) in [4.78, 5) is 0.0524. The van der Waals surface area contributed by atoms with Crippen LogP contribution in [-0.4, -0.2) is 20.3 Å². The Morgan fingerprint density at radius 3 is 1.74 bits per heavy atom. The lowest BCUT2D eigenvalue weighted by Crippen LogP contribution is -2.28. The fourth-order valence-corrected chi connectivity index (χ4v) is 4.34. The molecule has 1 rings (SSSR count). The van der Waals surface area contributed by atoms with Crippen molar-refractivity contribution in [2.75, 3.05) is 5.75 Å². The van der Waals surface area contributed by atoms with Crippen LogP contribution in [0.4, 0.5) is 13.2 Å². The van der Waals surface area contributed by atoms with Crippen molar-refractivity contribution in [1.82, 2.24) is 0 Å². The number of rotatable bonds is 13. The molecule has 2 N–H and O–H groups in total. The summed E-state index contributed by atoms with van der Waals surface area (Å²) in [7, 11) is -3.47. The summed E-state index contributed by atoms with van der Waals surface area (Å²) in [5.74, 6) is 0.0220. The summed E-state index contributed by atoms with van der Waals surface area (Å²) in [5.41, 5.74) is 4.99.